The smallest absolute Gasteiger partial charge is 0.117 e. The van der Waals surface area contributed by atoms with E-state index in [1.807, 2.05) is 0 Å². The van der Waals surface area contributed by atoms with Gasteiger partial charge < -0.3 is 9.73 Å². The summed E-state index contributed by atoms with van der Waals surface area (Å²) in [6.45, 7) is 3.07. The molecular formula is C17H25NO. The van der Waals surface area contributed by atoms with Gasteiger partial charge in [0.25, 0.3) is 0 Å². The minimum absolute atomic E-state index is 0.763. The van der Waals surface area contributed by atoms with E-state index in [1.165, 1.54) is 32.1 Å². The molecule has 0 amide bonds. The molecule has 19 heavy (non-hydrogen) atoms. The minimum Gasteiger partial charge on any atom is -0.465 e. The Morgan fingerprint density at radius 1 is 1.11 bits per heavy atom. The van der Waals surface area contributed by atoms with E-state index in [0.717, 1.165) is 54.2 Å². The standard InChI is InChI=1S/C17H25NO/c1-2-12-6-7-13(19-12)10-18-17-9-11-8-16(17)15-5-3-4-14(11)15/h6-7,11,14-18H,2-5,8-10H2,1H3/t11-,14+,15+,16-,17+/m0/s1. The molecule has 2 heteroatoms. The Kier molecular flexibility index (Phi) is 2.95. The number of hydrogen-bond donors (Lipinski definition) is 1. The van der Waals surface area contributed by atoms with E-state index in [4.69, 9.17) is 4.42 Å². The SMILES string of the molecule is CCc1ccc(CN[C@@H]2C[C@@H]3C[C@H]2[C@@H]2CCC[C@H]32)o1. The van der Waals surface area contributed by atoms with E-state index < -0.39 is 0 Å². The molecule has 3 aliphatic carbocycles. The van der Waals surface area contributed by atoms with Crippen LogP contribution in [-0.4, -0.2) is 6.04 Å². The van der Waals surface area contributed by atoms with Crippen LogP contribution in [0.1, 0.15) is 50.5 Å². The predicted molar refractivity (Wildman–Crippen MR) is 75.8 cm³/mol. The zero-order chi connectivity index (χ0) is 12.8. The first-order valence-corrected chi connectivity index (χ1v) is 8.16. The van der Waals surface area contributed by atoms with Gasteiger partial charge in [0.2, 0.25) is 0 Å². The van der Waals surface area contributed by atoms with Gasteiger partial charge >= 0.3 is 0 Å². The Bertz CT molecular complexity index is 452. The highest BCUT2D eigenvalue weighted by Gasteiger charge is 2.53. The van der Waals surface area contributed by atoms with Crippen LogP contribution >= 0.6 is 0 Å². The van der Waals surface area contributed by atoms with Gasteiger partial charge in [-0.05, 0) is 61.5 Å². The summed E-state index contributed by atoms with van der Waals surface area (Å²) < 4.78 is 5.80. The van der Waals surface area contributed by atoms with Crippen molar-refractivity contribution in [3.8, 4) is 0 Å². The summed E-state index contributed by atoms with van der Waals surface area (Å²) in [5.74, 6) is 6.39. The number of rotatable bonds is 4. The van der Waals surface area contributed by atoms with Crippen LogP contribution in [0.3, 0.4) is 0 Å². The summed E-state index contributed by atoms with van der Waals surface area (Å²) in [7, 11) is 0. The molecule has 0 aliphatic heterocycles. The number of hydrogen-bond acceptors (Lipinski definition) is 2. The van der Waals surface area contributed by atoms with Gasteiger partial charge in [-0.25, -0.2) is 0 Å². The lowest BCUT2D eigenvalue weighted by Gasteiger charge is -2.32. The largest absolute Gasteiger partial charge is 0.465 e. The van der Waals surface area contributed by atoms with E-state index in [2.05, 4.69) is 24.4 Å². The molecule has 2 nitrogen and oxygen atoms in total. The second-order valence-corrected chi connectivity index (χ2v) is 6.86. The van der Waals surface area contributed by atoms with Crippen LogP contribution in [0.25, 0.3) is 0 Å². The average molecular weight is 259 g/mol. The minimum atomic E-state index is 0.763. The van der Waals surface area contributed by atoms with Crippen LogP contribution in [0, 0.1) is 23.7 Å². The maximum atomic E-state index is 5.80. The van der Waals surface area contributed by atoms with Crippen LogP contribution in [0.5, 0.6) is 0 Å². The van der Waals surface area contributed by atoms with Crippen molar-refractivity contribution in [2.75, 3.05) is 0 Å². The molecule has 0 radical (unpaired) electrons. The summed E-state index contributed by atoms with van der Waals surface area (Å²) >= 11 is 0. The Balaban J connectivity index is 1.37. The lowest BCUT2D eigenvalue weighted by molar-refractivity contribution is 0.205. The monoisotopic (exact) mass is 259 g/mol. The third kappa shape index (κ3) is 1.96. The lowest BCUT2D eigenvalue weighted by atomic mass is 9.79. The highest BCUT2D eigenvalue weighted by Crippen LogP contribution is 2.58. The van der Waals surface area contributed by atoms with E-state index in [9.17, 15) is 0 Å². The first kappa shape index (κ1) is 12.0. The highest BCUT2D eigenvalue weighted by molar-refractivity contribution is 5.09. The average Bonchev–Trinajstić information content (AvgIpc) is 3.16. The van der Waals surface area contributed by atoms with Gasteiger partial charge in [0.1, 0.15) is 11.5 Å². The van der Waals surface area contributed by atoms with Crippen molar-refractivity contribution in [1.29, 1.82) is 0 Å². The van der Waals surface area contributed by atoms with E-state index in [0.29, 0.717) is 0 Å². The second kappa shape index (κ2) is 4.66. The Morgan fingerprint density at radius 3 is 2.79 bits per heavy atom. The van der Waals surface area contributed by atoms with E-state index >= 15 is 0 Å². The summed E-state index contributed by atoms with van der Waals surface area (Å²) in [4.78, 5) is 0. The van der Waals surface area contributed by atoms with Gasteiger partial charge in [-0.2, -0.15) is 0 Å². The quantitative estimate of drug-likeness (QED) is 0.890. The predicted octanol–water partition coefficient (Wildman–Crippen LogP) is 3.76. The lowest BCUT2D eigenvalue weighted by Crippen LogP contribution is -2.38. The van der Waals surface area contributed by atoms with E-state index in [-0.39, 0.29) is 0 Å². The zero-order valence-corrected chi connectivity index (χ0v) is 11.9. The molecule has 1 aromatic heterocycles. The molecular weight excluding hydrogens is 234 g/mol. The molecule has 1 aromatic rings. The Hall–Kier alpha value is -0.760. The van der Waals surface area contributed by atoms with Crippen molar-refractivity contribution >= 4 is 0 Å². The summed E-state index contributed by atoms with van der Waals surface area (Å²) in [5, 5.41) is 3.79. The van der Waals surface area contributed by atoms with Crippen LogP contribution in [0.2, 0.25) is 0 Å². The van der Waals surface area contributed by atoms with Gasteiger partial charge in [-0.3, -0.25) is 0 Å². The Morgan fingerprint density at radius 2 is 1.95 bits per heavy atom. The van der Waals surface area contributed by atoms with Crippen molar-refractivity contribution < 1.29 is 4.42 Å². The topological polar surface area (TPSA) is 25.2 Å². The van der Waals surface area contributed by atoms with Crippen LogP contribution < -0.4 is 5.32 Å². The number of aryl methyl sites for hydroxylation is 1. The first-order chi connectivity index (χ1) is 9.35. The molecule has 5 atom stereocenters. The van der Waals surface area contributed by atoms with Gasteiger partial charge in [0.15, 0.2) is 0 Å². The highest BCUT2D eigenvalue weighted by atomic mass is 16.3. The third-order valence-electron chi connectivity index (χ3n) is 6.03. The Labute approximate surface area is 116 Å². The fraction of sp³-hybridized carbons (Fsp3) is 0.765. The molecule has 0 spiro atoms. The van der Waals surface area contributed by atoms with Crippen molar-refractivity contribution in [1.82, 2.24) is 5.32 Å². The molecule has 0 aromatic carbocycles. The van der Waals surface area contributed by atoms with Crippen molar-refractivity contribution in [3.05, 3.63) is 23.7 Å². The molecule has 1 heterocycles. The molecule has 104 valence electrons. The van der Waals surface area contributed by atoms with Crippen molar-refractivity contribution in [3.63, 3.8) is 0 Å². The number of furan rings is 1. The fourth-order valence-electron chi connectivity index (χ4n) is 5.24. The van der Waals surface area contributed by atoms with Gasteiger partial charge in [-0.1, -0.05) is 13.3 Å². The van der Waals surface area contributed by atoms with Crippen LogP contribution in [0.4, 0.5) is 0 Å². The van der Waals surface area contributed by atoms with Crippen molar-refractivity contribution in [2.45, 2.75) is 58.0 Å². The molecule has 2 bridgehead atoms. The normalized spacial score (nSPS) is 39.9. The third-order valence-corrected chi connectivity index (χ3v) is 6.03. The zero-order valence-electron chi connectivity index (χ0n) is 11.9. The molecule has 3 fully saturated rings. The summed E-state index contributed by atoms with van der Waals surface area (Å²) in [5.41, 5.74) is 0. The van der Waals surface area contributed by atoms with Gasteiger partial charge in [-0.15, -0.1) is 0 Å². The molecule has 3 saturated carbocycles. The van der Waals surface area contributed by atoms with E-state index in [1.54, 1.807) is 0 Å². The fourth-order valence-corrected chi connectivity index (χ4v) is 5.24. The summed E-state index contributed by atoms with van der Waals surface area (Å²) in [6, 6.07) is 5.02. The van der Waals surface area contributed by atoms with Crippen LogP contribution in [0.15, 0.2) is 16.5 Å². The maximum absolute atomic E-state index is 5.80. The molecule has 0 unspecified atom stereocenters. The van der Waals surface area contributed by atoms with Gasteiger partial charge in [0.05, 0.1) is 6.54 Å². The molecule has 0 saturated heterocycles. The number of fused-ring (bicyclic) bond motifs is 5. The van der Waals surface area contributed by atoms with Gasteiger partial charge in [0, 0.05) is 12.5 Å². The van der Waals surface area contributed by atoms with Crippen LogP contribution in [-0.2, 0) is 13.0 Å². The molecule has 4 rings (SSSR count). The summed E-state index contributed by atoms with van der Waals surface area (Å²) in [6.07, 6.45) is 8.45. The van der Waals surface area contributed by atoms with Crippen molar-refractivity contribution in [2.24, 2.45) is 23.7 Å². The second-order valence-electron chi connectivity index (χ2n) is 6.86. The molecule has 1 N–H and O–H groups in total. The molecule has 3 aliphatic rings. The number of nitrogens with one attached hydrogen (secondary N) is 1. The first-order valence-electron chi connectivity index (χ1n) is 8.16. The maximum Gasteiger partial charge on any atom is 0.117 e.